The summed E-state index contributed by atoms with van der Waals surface area (Å²) in [4.78, 5) is 0.283. The summed E-state index contributed by atoms with van der Waals surface area (Å²) in [6.45, 7) is 0.314. The Morgan fingerprint density at radius 1 is 1.05 bits per heavy atom. The average Bonchev–Trinajstić information content (AvgIpc) is 2.53. The first-order valence-electron chi connectivity index (χ1n) is 6.72. The second-order valence-electron chi connectivity index (χ2n) is 4.70. The highest BCUT2D eigenvalue weighted by Crippen LogP contribution is 2.32. The van der Waals surface area contributed by atoms with Crippen LogP contribution in [0.3, 0.4) is 0 Å². The molecule has 0 bridgehead atoms. The molecule has 0 saturated heterocycles. The Balaban J connectivity index is 2.42. The molecular weight excluding hydrogens is 286 g/mol. The Bertz CT molecular complexity index is 666. The first-order valence-corrected chi connectivity index (χ1v) is 8.27. The van der Waals surface area contributed by atoms with E-state index in [9.17, 15) is 8.42 Å². The molecular formula is C16H19NO3S. The molecule has 0 aliphatic heterocycles. The van der Waals surface area contributed by atoms with Crippen molar-refractivity contribution in [1.82, 2.24) is 0 Å². The van der Waals surface area contributed by atoms with Gasteiger partial charge in [0.25, 0.3) is 0 Å². The van der Waals surface area contributed by atoms with Crippen molar-refractivity contribution in [3.05, 3.63) is 60.2 Å². The Morgan fingerprint density at radius 3 is 2.19 bits per heavy atom. The lowest BCUT2D eigenvalue weighted by Crippen LogP contribution is -2.17. The molecule has 1 unspecified atom stereocenters. The molecule has 5 heteroatoms. The van der Waals surface area contributed by atoms with Gasteiger partial charge in [-0.25, -0.2) is 8.42 Å². The molecule has 2 rings (SSSR count). The van der Waals surface area contributed by atoms with E-state index >= 15 is 0 Å². The summed E-state index contributed by atoms with van der Waals surface area (Å²) in [5, 5.41) is -0.628. The van der Waals surface area contributed by atoms with Gasteiger partial charge in [0.05, 0.1) is 17.3 Å². The number of hydrogen-bond donors (Lipinski definition) is 1. The fourth-order valence-corrected chi connectivity index (χ4v) is 4.06. The molecule has 112 valence electrons. The van der Waals surface area contributed by atoms with Gasteiger partial charge < -0.3 is 10.5 Å². The van der Waals surface area contributed by atoms with E-state index in [4.69, 9.17) is 10.5 Å². The molecule has 1 atom stereocenters. The third-order valence-electron chi connectivity index (χ3n) is 3.36. The van der Waals surface area contributed by atoms with Gasteiger partial charge in [-0.2, -0.15) is 0 Å². The van der Waals surface area contributed by atoms with Gasteiger partial charge >= 0.3 is 0 Å². The summed E-state index contributed by atoms with van der Waals surface area (Å²) in [7, 11) is -1.93. The van der Waals surface area contributed by atoms with Crippen molar-refractivity contribution in [3.63, 3.8) is 0 Å². The van der Waals surface area contributed by atoms with Gasteiger partial charge in [0.2, 0.25) is 0 Å². The number of hydrogen-bond acceptors (Lipinski definition) is 4. The largest absolute Gasteiger partial charge is 0.497 e. The Morgan fingerprint density at radius 2 is 1.67 bits per heavy atom. The molecule has 2 N–H and O–H groups in total. The molecule has 0 saturated carbocycles. The minimum absolute atomic E-state index is 0.283. The smallest absolute Gasteiger partial charge is 0.185 e. The van der Waals surface area contributed by atoms with E-state index in [0.717, 1.165) is 5.56 Å². The lowest BCUT2D eigenvalue weighted by Gasteiger charge is -2.17. The van der Waals surface area contributed by atoms with Crippen LogP contribution in [0.15, 0.2) is 59.5 Å². The zero-order valence-corrected chi connectivity index (χ0v) is 12.7. The van der Waals surface area contributed by atoms with Crippen LogP contribution in [0.5, 0.6) is 5.75 Å². The summed E-state index contributed by atoms with van der Waals surface area (Å²) in [6.07, 6.45) is 0.387. The van der Waals surface area contributed by atoms with Crippen LogP contribution in [-0.2, 0) is 9.84 Å². The van der Waals surface area contributed by atoms with Crippen molar-refractivity contribution < 1.29 is 13.2 Å². The van der Waals surface area contributed by atoms with E-state index < -0.39 is 15.1 Å². The zero-order chi connectivity index (χ0) is 15.3. The van der Waals surface area contributed by atoms with Crippen molar-refractivity contribution in [2.45, 2.75) is 16.6 Å². The van der Waals surface area contributed by atoms with Gasteiger partial charge in [0.15, 0.2) is 9.84 Å². The van der Waals surface area contributed by atoms with Crippen LogP contribution in [0.4, 0.5) is 0 Å². The van der Waals surface area contributed by atoms with Crippen molar-refractivity contribution in [1.29, 1.82) is 0 Å². The molecule has 2 aromatic carbocycles. The molecule has 0 radical (unpaired) electrons. The van der Waals surface area contributed by atoms with E-state index in [2.05, 4.69) is 0 Å². The minimum atomic E-state index is -3.48. The van der Waals surface area contributed by atoms with Gasteiger partial charge in [-0.3, -0.25) is 0 Å². The maximum absolute atomic E-state index is 12.8. The number of nitrogens with two attached hydrogens (primary N) is 1. The second kappa shape index (κ2) is 6.74. The van der Waals surface area contributed by atoms with Crippen LogP contribution in [0.25, 0.3) is 0 Å². The summed E-state index contributed by atoms with van der Waals surface area (Å²) >= 11 is 0. The molecule has 21 heavy (non-hydrogen) atoms. The number of benzene rings is 2. The van der Waals surface area contributed by atoms with E-state index in [-0.39, 0.29) is 4.90 Å². The molecule has 0 heterocycles. The van der Waals surface area contributed by atoms with Crippen LogP contribution >= 0.6 is 0 Å². The molecule has 0 fully saturated rings. The van der Waals surface area contributed by atoms with Gasteiger partial charge in [-0.15, -0.1) is 0 Å². The molecule has 4 nitrogen and oxygen atoms in total. The maximum atomic E-state index is 12.8. The predicted octanol–water partition coefficient (Wildman–Crippen LogP) is 2.56. The Kier molecular flexibility index (Phi) is 4.98. The molecule has 0 aromatic heterocycles. The van der Waals surface area contributed by atoms with Crippen molar-refractivity contribution >= 4 is 9.84 Å². The van der Waals surface area contributed by atoms with Crippen molar-refractivity contribution in [3.8, 4) is 5.75 Å². The van der Waals surface area contributed by atoms with Crippen molar-refractivity contribution in [2.75, 3.05) is 13.7 Å². The minimum Gasteiger partial charge on any atom is -0.497 e. The van der Waals surface area contributed by atoms with Gasteiger partial charge in [-0.05, 0) is 42.8 Å². The fourth-order valence-electron chi connectivity index (χ4n) is 2.25. The van der Waals surface area contributed by atoms with E-state index in [1.165, 1.54) is 0 Å². The average molecular weight is 305 g/mol. The fraction of sp³-hybridized carbons (Fsp3) is 0.250. The number of rotatable bonds is 6. The maximum Gasteiger partial charge on any atom is 0.185 e. The molecule has 0 spiro atoms. The van der Waals surface area contributed by atoms with Crippen LogP contribution in [0.1, 0.15) is 17.2 Å². The van der Waals surface area contributed by atoms with Crippen LogP contribution in [0, 0.1) is 0 Å². The van der Waals surface area contributed by atoms with Crippen LogP contribution < -0.4 is 10.5 Å². The van der Waals surface area contributed by atoms with Crippen molar-refractivity contribution in [2.24, 2.45) is 5.73 Å². The molecule has 0 amide bonds. The highest BCUT2D eigenvalue weighted by molar-refractivity contribution is 7.91. The highest BCUT2D eigenvalue weighted by Gasteiger charge is 2.28. The highest BCUT2D eigenvalue weighted by atomic mass is 32.2. The SMILES string of the molecule is COc1ccc(S(=O)(=O)C(CCN)c2ccccc2)cc1. The third kappa shape index (κ3) is 3.43. The van der Waals surface area contributed by atoms with E-state index in [0.29, 0.717) is 18.7 Å². The monoisotopic (exact) mass is 305 g/mol. The lowest BCUT2D eigenvalue weighted by molar-refractivity contribution is 0.414. The van der Waals surface area contributed by atoms with Crippen LogP contribution in [0.2, 0.25) is 0 Å². The zero-order valence-electron chi connectivity index (χ0n) is 11.9. The third-order valence-corrected chi connectivity index (χ3v) is 5.55. The molecule has 0 aliphatic rings. The number of ether oxygens (including phenoxy) is 1. The van der Waals surface area contributed by atoms with Gasteiger partial charge in [-0.1, -0.05) is 30.3 Å². The normalized spacial score (nSPS) is 12.9. The lowest BCUT2D eigenvalue weighted by atomic mass is 10.1. The number of methoxy groups -OCH3 is 1. The quantitative estimate of drug-likeness (QED) is 0.890. The van der Waals surface area contributed by atoms with E-state index in [1.54, 1.807) is 31.4 Å². The topological polar surface area (TPSA) is 69.4 Å². The Labute approximate surface area is 125 Å². The van der Waals surface area contributed by atoms with E-state index in [1.807, 2.05) is 30.3 Å². The summed E-state index contributed by atoms with van der Waals surface area (Å²) < 4.78 is 30.7. The summed E-state index contributed by atoms with van der Waals surface area (Å²) in [5.74, 6) is 0.629. The first-order chi connectivity index (χ1) is 10.1. The van der Waals surface area contributed by atoms with Crippen LogP contribution in [-0.4, -0.2) is 22.1 Å². The van der Waals surface area contributed by atoms with Gasteiger partial charge in [0.1, 0.15) is 5.75 Å². The second-order valence-corrected chi connectivity index (χ2v) is 6.83. The number of sulfone groups is 1. The Hall–Kier alpha value is -1.85. The standard InChI is InChI=1S/C16H19NO3S/c1-20-14-7-9-15(10-8-14)21(18,19)16(11-12-17)13-5-3-2-4-6-13/h2-10,16H,11-12,17H2,1H3. The molecule has 2 aromatic rings. The van der Waals surface area contributed by atoms with Gasteiger partial charge in [0, 0.05) is 0 Å². The summed E-state index contributed by atoms with van der Waals surface area (Å²) in [6, 6.07) is 15.6. The predicted molar refractivity (Wildman–Crippen MR) is 83.0 cm³/mol. The first kappa shape index (κ1) is 15.5. The molecule has 0 aliphatic carbocycles. The summed E-state index contributed by atoms with van der Waals surface area (Å²) in [5.41, 5.74) is 6.37.